The van der Waals surface area contributed by atoms with Gasteiger partial charge in [-0.15, -0.1) is 0 Å². The molecule has 160 valence electrons. The molecule has 0 atom stereocenters. The lowest BCUT2D eigenvalue weighted by molar-refractivity contribution is 0.592. The van der Waals surface area contributed by atoms with E-state index in [1.807, 2.05) is 130 Å². The molecule has 0 saturated heterocycles. The van der Waals surface area contributed by atoms with Gasteiger partial charge in [0, 0.05) is 75.3 Å². The Kier molecular flexibility index (Phi) is 7.39. The molecule has 3 rings (SSSR count). The van der Waals surface area contributed by atoms with Gasteiger partial charge in [-0.25, -0.2) is 0 Å². The number of hydrogen-bond acceptors (Lipinski definition) is 4. The molecular formula is C25H34N3OP. The molecule has 5 heteroatoms. The van der Waals surface area contributed by atoms with E-state index in [1.54, 1.807) is 0 Å². The average molecular weight is 424 g/mol. The molecule has 3 aromatic rings. The van der Waals surface area contributed by atoms with Crippen LogP contribution in [0.1, 0.15) is 7.43 Å². The Hall–Kier alpha value is -2.71. The van der Waals surface area contributed by atoms with E-state index >= 15 is 0 Å². The second-order valence-electron chi connectivity index (χ2n) is 7.84. The average Bonchev–Trinajstić information content (AvgIpc) is 2.73. The normalized spacial score (nSPS) is 10.9. The molecule has 0 saturated carbocycles. The van der Waals surface area contributed by atoms with E-state index in [4.69, 9.17) is 0 Å². The molecule has 0 fully saturated rings. The van der Waals surface area contributed by atoms with Gasteiger partial charge in [0.15, 0.2) is 7.14 Å². The molecule has 0 aliphatic rings. The Labute approximate surface area is 182 Å². The van der Waals surface area contributed by atoms with Crippen LogP contribution in [0.5, 0.6) is 0 Å². The van der Waals surface area contributed by atoms with E-state index in [0.717, 1.165) is 33.0 Å². The first-order chi connectivity index (χ1) is 13.7. The smallest absolute Gasteiger partial charge is 0.171 e. The minimum atomic E-state index is -2.98. The first kappa shape index (κ1) is 23.6. The summed E-state index contributed by atoms with van der Waals surface area (Å²) in [6.45, 7) is 0. The lowest BCUT2D eigenvalue weighted by Crippen LogP contribution is -2.26. The zero-order chi connectivity index (χ0) is 21.2. The molecule has 0 amide bonds. The van der Waals surface area contributed by atoms with Crippen molar-refractivity contribution in [1.29, 1.82) is 0 Å². The molecule has 0 N–H and O–H groups in total. The SMILES string of the molecule is C.CN(C)c1ccc(P(=O)(c2ccc(N(C)C)cc2)c2ccc(N(C)C)cc2)cc1. The van der Waals surface area contributed by atoms with Crippen molar-refractivity contribution in [2.45, 2.75) is 7.43 Å². The van der Waals surface area contributed by atoms with Crippen LogP contribution in [0.25, 0.3) is 0 Å². The van der Waals surface area contributed by atoms with Crippen molar-refractivity contribution in [1.82, 2.24) is 0 Å². The van der Waals surface area contributed by atoms with Crippen molar-refractivity contribution in [3.63, 3.8) is 0 Å². The predicted octanol–water partition coefficient (Wildman–Crippen LogP) is 4.16. The Bertz CT molecular complexity index is 860. The van der Waals surface area contributed by atoms with Crippen LogP contribution in [0.4, 0.5) is 17.1 Å². The Morgan fingerprint density at radius 1 is 0.467 bits per heavy atom. The van der Waals surface area contributed by atoms with Crippen LogP contribution in [-0.2, 0) is 4.57 Å². The van der Waals surface area contributed by atoms with Gasteiger partial charge in [0.05, 0.1) is 0 Å². The zero-order valence-corrected chi connectivity index (χ0v) is 19.0. The van der Waals surface area contributed by atoms with Crippen LogP contribution in [0.15, 0.2) is 72.8 Å². The molecule has 0 heterocycles. The van der Waals surface area contributed by atoms with Gasteiger partial charge in [-0.1, -0.05) is 7.43 Å². The topological polar surface area (TPSA) is 26.8 Å². The highest BCUT2D eigenvalue weighted by molar-refractivity contribution is 7.85. The molecule has 0 bridgehead atoms. The van der Waals surface area contributed by atoms with E-state index in [0.29, 0.717) is 0 Å². The highest BCUT2D eigenvalue weighted by Gasteiger charge is 2.30. The van der Waals surface area contributed by atoms with Gasteiger partial charge in [-0.05, 0) is 72.8 Å². The molecule has 3 aromatic carbocycles. The Morgan fingerprint density at radius 3 is 0.833 bits per heavy atom. The summed E-state index contributed by atoms with van der Waals surface area (Å²) in [5, 5.41) is 2.54. The van der Waals surface area contributed by atoms with E-state index in [9.17, 15) is 4.57 Å². The fourth-order valence-corrected chi connectivity index (χ4v) is 5.93. The van der Waals surface area contributed by atoms with Gasteiger partial charge in [0.2, 0.25) is 0 Å². The van der Waals surface area contributed by atoms with Gasteiger partial charge in [-0.3, -0.25) is 0 Å². The van der Waals surface area contributed by atoms with E-state index in [2.05, 4.69) is 0 Å². The third kappa shape index (κ3) is 4.55. The van der Waals surface area contributed by atoms with Crippen LogP contribution in [0, 0.1) is 0 Å². The fraction of sp³-hybridized carbons (Fsp3) is 0.280. The number of nitrogens with zero attached hydrogens (tertiary/aromatic N) is 3. The summed E-state index contributed by atoms with van der Waals surface area (Å²) in [5.41, 5.74) is 3.27. The molecule has 0 radical (unpaired) electrons. The predicted molar refractivity (Wildman–Crippen MR) is 136 cm³/mol. The standard InChI is InChI=1S/C24H30N3OP.CH4/c1-25(2)19-7-13-22(14-8-19)29(28,23-15-9-20(10-16-23)26(3)4)24-17-11-21(12-18-24)27(5)6;/h7-18H,1-6H3;1H4. The van der Waals surface area contributed by atoms with Gasteiger partial charge < -0.3 is 19.3 Å². The zero-order valence-electron chi connectivity index (χ0n) is 18.1. The highest BCUT2D eigenvalue weighted by atomic mass is 31.2. The summed E-state index contributed by atoms with van der Waals surface area (Å²) >= 11 is 0. The molecule has 30 heavy (non-hydrogen) atoms. The Morgan fingerprint density at radius 2 is 0.667 bits per heavy atom. The summed E-state index contributed by atoms with van der Waals surface area (Å²) in [7, 11) is 9.07. The summed E-state index contributed by atoms with van der Waals surface area (Å²) in [5.74, 6) is 0. The van der Waals surface area contributed by atoms with Gasteiger partial charge in [0.25, 0.3) is 0 Å². The molecule has 0 aromatic heterocycles. The molecule has 0 unspecified atom stereocenters. The van der Waals surface area contributed by atoms with Gasteiger partial charge >= 0.3 is 0 Å². The summed E-state index contributed by atoms with van der Waals surface area (Å²) < 4.78 is 14.6. The lowest BCUT2D eigenvalue weighted by Gasteiger charge is -2.23. The van der Waals surface area contributed by atoms with Gasteiger partial charge in [-0.2, -0.15) is 0 Å². The van der Waals surface area contributed by atoms with Crippen LogP contribution in [0.3, 0.4) is 0 Å². The molecule has 0 aliphatic heterocycles. The number of anilines is 3. The second kappa shape index (κ2) is 9.40. The first-order valence-electron chi connectivity index (χ1n) is 9.67. The van der Waals surface area contributed by atoms with Crippen molar-refractivity contribution >= 4 is 40.1 Å². The monoisotopic (exact) mass is 423 g/mol. The Balaban J connectivity index is 0.00000320. The second-order valence-corrected chi connectivity index (χ2v) is 10.6. The quantitative estimate of drug-likeness (QED) is 0.557. The van der Waals surface area contributed by atoms with Crippen molar-refractivity contribution in [2.75, 3.05) is 57.0 Å². The number of hydrogen-bond donors (Lipinski definition) is 0. The maximum atomic E-state index is 14.6. The first-order valence-corrected chi connectivity index (χ1v) is 11.4. The fourth-order valence-electron chi connectivity index (χ4n) is 3.33. The van der Waals surface area contributed by atoms with Crippen molar-refractivity contribution in [3.8, 4) is 0 Å². The third-order valence-electron chi connectivity index (χ3n) is 5.19. The molecule has 4 nitrogen and oxygen atoms in total. The molecular weight excluding hydrogens is 389 g/mol. The van der Waals surface area contributed by atoms with Crippen LogP contribution < -0.4 is 30.6 Å². The van der Waals surface area contributed by atoms with E-state index < -0.39 is 7.14 Å². The van der Waals surface area contributed by atoms with E-state index in [1.165, 1.54) is 0 Å². The summed E-state index contributed by atoms with van der Waals surface area (Å²) in [6.07, 6.45) is 0. The third-order valence-corrected chi connectivity index (χ3v) is 8.27. The van der Waals surface area contributed by atoms with Crippen LogP contribution in [-0.4, -0.2) is 42.3 Å². The largest absolute Gasteiger partial charge is 0.378 e. The van der Waals surface area contributed by atoms with Crippen LogP contribution >= 0.6 is 7.14 Å². The number of benzene rings is 3. The maximum Gasteiger partial charge on any atom is 0.171 e. The maximum absolute atomic E-state index is 14.6. The van der Waals surface area contributed by atoms with Crippen molar-refractivity contribution in [3.05, 3.63) is 72.8 Å². The summed E-state index contributed by atoms with van der Waals surface area (Å²) in [4.78, 5) is 6.14. The van der Waals surface area contributed by atoms with Gasteiger partial charge in [0.1, 0.15) is 0 Å². The molecule has 0 aliphatic carbocycles. The van der Waals surface area contributed by atoms with Crippen molar-refractivity contribution < 1.29 is 4.57 Å². The van der Waals surface area contributed by atoms with E-state index in [-0.39, 0.29) is 7.43 Å². The van der Waals surface area contributed by atoms with Crippen molar-refractivity contribution in [2.24, 2.45) is 0 Å². The summed E-state index contributed by atoms with van der Waals surface area (Å²) in [6, 6.07) is 24.2. The minimum Gasteiger partial charge on any atom is -0.378 e. The highest BCUT2D eigenvalue weighted by Crippen LogP contribution is 2.43. The lowest BCUT2D eigenvalue weighted by atomic mass is 10.3. The number of rotatable bonds is 6. The molecule has 0 spiro atoms. The minimum absolute atomic E-state index is 0. The van der Waals surface area contributed by atoms with Crippen LogP contribution in [0.2, 0.25) is 0 Å².